The number of nitrogens with zero attached hydrogens (tertiary/aromatic N) is 3. The summed E-state index contributed by atoms with van der Waals surface area (Å²) in [6.07, 6.45) is 4.14. The third-order valence-corrected chi connectivity index (χ3v) is 5.26. The van der Waals surface area contributed by atoms with Crippen molar-refractivity contribution in [3.05, 3.63) is 11.1 Å². The fourth-order valence-electron chi connectivity index (χ4n) is 3.31. The van der Waals surface area contributed by atoms with Crippen LogP contribution in [0, 0.1) is 0 Å². The minimum atomic E-state index is 0.586. The summed E-state index contributed by atoms with van der Waals surface area (Å²) < 4.78 is 0. The molecule has 1 aromatic rings. The molecule has 0 radical (unpaired) electrons. The Balaban J connectivity index is 1.72. The van der Waals surface area contributed by atoms with Crippen molar-refractivity contribution >= 4 is 16.5 Å². The molecule has 106 valence electrons. The minimum absolute atomic E-state index is 0.586. The molecule has 2 fully saturated rings. The lowest BCUT2D eigenvalue weighted by molar-refractivity contribution is 0.115. The number of piperidine rings is 1. The summed E-state index contributed by atoms with van der Waals surface area (Å²) in [5, 5.41) is 6.57. The molecule has 4 nitrogen and oxygen atoms in total. The lowest BCUT2D eigenvalue weighted by atomic mass is 9.97. The molecule has 5 heteroatoms. The Bertz CT molecular complexity index is 419. The van der Waals surface area contributed by atoms with Crippen LogP contribution in [0.25, 0.3) is 0 Å². The van der Waals surface area contributed by atoms with E-state index < -0.39 is 0 Å². The zero-order valence-corrected chi connectivity index (χ0v) is 12.7. The monoisotopic (exact) mass is 280 g/mol. The first-order valence-electron chi connectivity index (χ1n) is 7.37. The van der Waals surface area contributed by atoms with Crippen LogP contribution in [0.2, 0.25) is 0 Å². The Morgan fingerprint density at radius 3 is 3.16 bits per heavy atom. The highest BCUT2D eigenvalue weighted by Gasteiger charge is 2.33. The molecule has 0 amide bonds. The van der Waals surface area contributed by atoms with E-state index in [2.05, 4.69) is 27.4 Å². The topological polar surface area (TPSA) is 31.4 Å². The van der Waals surface area contributed by atoms with E-state index in [1.807, 2.05) is 7.05 Å². The van der Waals surface area contributed by atoms with Crippen LogP contribution in [0.1, 0.15) is 31.9 Å². The highest BCUT2D eigenvalue weighted by Crippen LogP contribution is 2.30. The quantitative estimate of drug-likeness (QED) is 0.917. The molecule has 19 heavy (non-hydrogen) atoms. The molecule has 2 unspecified atom stereocenters. The maximum atomic E-state index is 4.78. The zero-order valence-electron chi connectivity index (χ0n) is 11.9. The summed E-state index contributed by atoms with van der Waals surface area (Å²) in [4.78, 5) is 9.99. The molecule has 0 spiro atoms. The summed E-state index contributed by atoms with van der Waals surface area (Å²) in [5.41, 5.74) is 1.17. The van der Waals surface area contributed by atoms with Crippen molar-refractivity contribution in [3.8, 4) is 0 Å². The Morgan fingerprint density at radius 1 is 1.42 bits per heavy atom. The highest BCUT2D eigenvalue weighted by atomic mass is 32.1. The number of hydrogen-bond acceptors (Lipinski definition) is 5. The predicted octanol–water partition coefficient (Wildman–Crippen LogP) is 1.93. The van der Waals surface area contributed by atoms with Gasteiger partial charge < -0.3 is 10.2 Å². The van der Waals surface area contributed by atoms with E-state index in [1.165, 1.54) is 43.2 Å². The Hall–Kier alpha value is -0.650. The lowest BCUT2D eigenvalue weighted by Gasteiger charge is -2.47. The van der Waals surface area contributed by atoms with E-state index >= 15 is 0 Å². The van der Waals surface area contributed by atoms with Crippen LogP contribution in [-0.2, 0) is 6.54 Å². The largest absolute Gasteiger partial charge is 0.343 e. The first-order valence-corrected chi connectivity index (χ1v) is 8.25. The van der Waals surface area contributed by atoms with Gasteiger partial charge in [0.25, 0.3) is 0 Å². The van der Waals surface area contributed by atoms with Gasteiger partial charge in [0.05, 0.1) is 5.69 Å². The maximum absolute atomic E-state index is 4.78. The fourth-order valence-corrected chi connectivity index (χ4v) is 4.25. The van der Waals surface area contributed by atoms with E-state index in [4.69, 9.17) is 4.98 Å². The second kappa shape index (κ2) is 5.77. The Morgan fingerprint density at radius 2 is 2.32 bits per heavy atom. The average Bonchev–Trinajstić information content (AvgIpc) is 2.87. The number of fused-ring (bicyclic) bond motifs is 1. The number of aromatic nitrogens is 1. The predicted molar refractivity (Wildman–Crippen MR) is 80.9 cm³/mol. The van der Waals surface area contributed by atoms with Gasteiger partial charge in [-0.2, -0.15) is 0 Å². The summed E-state index contributed by atoms with van der Waals surface area (Å²) in [6, 6.07) is 1.34. The number of nitrogens with one attached hydrogen (secondary N) is 1. The van der Waals surface area contributed by atoms with Gasteiger partial charge in [0, 0.05) is 37.1 Å². The van der Waals surface area contributed by atoms with Gasteiger partial charge in [-0.3, -0.25) is 4.90 Å². The molecular formula is C14H24N4S. The van der Waals surface area contributed by atoms with Gasteiger partial charge in [-0.25, -0.2) is 4.98 Å². The molecule has 2 saturated heterocycles. The molecule has 2 aliphatic heterocycles. The van der Waals surface area contributed by atoms with E-state index in [1.54, 1.807) is 11.3 Å². The molecule has 3 rings (SSSR count). The summed E-state index contributed by atoms with van der Waals surface area (Å²) >= 11 is 1.80. The van der Waals surface area contributed by atoms with Gasteiger partial charge in [-0.05, 0) is 33.4 Å². The number of anilines is 1. The third-order valence-electron chi connectivity index (χ3n) is 4.33. The molecule has 1 aromatic heterocycles. The normalized spacial score (nSPS) is 28.4. The van der Waals surface area contributed by atoms with Gasteiger partial charge in [-0.15, -0.1) is 11.3 Å². The zero-order chi connectivity index (χ0) is 13.2. The molecule has 0 aliphatic carbocycles. The van der Waals surface area contributed by atoms with Crippen molar-refractivity contribution in [3.63, 3.8) is 0 Å². The van der Waals surface area contributed by atoms with Crippen molar-refractivity contribution in [2.24, 2.45) is 0 Å². The lowest BCUT2D eigenvalue weighted by Crippen LogP contribution is -2.58. The maximum Gasteiger partial charge on any atom is 0.185 e. The first kappa shape index (κ1) is 13.3. The van der Waals surface area contributed by atoms with E-state index in [0.717, 1.165) is 19.1 Å². The Kier molecular flexibility index (Phi) is 4.05. The molecule has 0 bridgehead atoms. The molecule has 3 heterocycles. The molecule has 0 saturated carbocycles. The number of rotatable bonds is 3. The molecule has 1 N–H and O–H groups in total. The van der Waals surface area contributed by atoms with Crippen LogP contribution in [0.3, 0.4) is 0 Å². The second-order valence-corrected chi connectivity index (χ2v) is 6.63. The van der Waals surface area contributed by atoms with Crippen molar-refractivity contribution < 1.29 is 0 Å². The van der Waals surface area contributed by atoms with Crippen LogP contribution < -0.4 is 10.2 Å². The smallest absolute Gasteiger partial charge is 0.185 e. The van der Waals surface area contributed by atoms with Gasteiger partial charge in [0.2, 0.25) is 0 Å². The van der Waals surface area contributed by atoms with E-state index in [9.17, 15) is 0 Å². The Labute approximate surface area is 119 Å². The van der Waals surface area contributed by atoms with Crippen LogP contribution in [0.5, 0.6) is 0 Å². The summed E-state index contributed by atoms with van der Waals surface area (Å²) in [7, 11) is 1.97. The minimum Gasteiger partial charge on any atom is -0.343 e. The second-order valence-electron chi connectivity index (χ2n) is 5.80. The number of hydrogen-bond donors (Lipinski definition) is 1. The average molecular weight is 280 g/mol. The van der Waals surface area contributed by atoms with Gasteiger partial charge in [0.1, 0.15) is 0 Å². The van der Waals surface area contributed by atoms with Gasteiger partial charge >= 0.3 is 0 Å². The van der Waals surface area contributed by atoms with Crippen LogP contribution in [0.15, 0.2) is 5.38 Å². The number of piperazine rings is 1. The fraction of sp³-hybridized carbons (Fsp3) is 0.786. The van der Waals surface area contributed by atoms with Crippen molar-refractivity contribution in [2.75, 3.05) is 31.6 Å². The van der Waals surface area contributed by atoms with Gasteiger partial charge in [-0.1, -0.05) is 6.42 Å². The number of thiazole rings is 1. The van der Waals surface area contributed by atoms with Crippen LogP contribution >= 0.6 is 11.3 Å². The van der Waals surface area contributed by atoms with Crippen molar-refractivity contribution in [1.82, 2.24) is 15.2 Å². The van der Waals surface area contributed by atoms with Gasteiger partial charge in [0.15, 0.2) is 5.13 Å². The van der Waals surface area contributed by atoms with Crippen molar-refractivity contribution in [1.29, 1.82) is 0 Å². The molecule has 0 aromatic carbocycles. The first-order chi connectivity index (χ1) is 9.28. The summed E-state index contributed by atoms with van der Waals surface area (Å²) in [5.74, 6) is 0. The standard InChI is InChI=1S/C14H24N4S/c1-11-8-17-6-4-3-5-13(17)9-18(11)14-16-12(7-15-2)10-19-14/h10-11,13,15H,3-9H2,1-2H3. The van der Waals surface area contributed by atoms with E-state index in [-0.39, 0.29) is 0 Å². The SMILES string of the molecule is CNCc1csc(N2CC3CCCCN3CC2C)n1. The molecule has 2 atom stereocenters. The summed E-state index contributed by atoms with van der Waals surface area (Å²) in [6.45, 7) is 6.86. The van der Waals surface area contributed by atoms with Crippen molar-refractivity contribution in [2.45, 2.75) is 44.8 Å². The van der Waals surface area contributed by atoms with Crippen LogP contribution in [-0.4, -0.2) is 48.6 Å². The molecule has 2 aliphatic rings. The highest BCUT2D eigenvalue weighted by molar-refractivity contribution is 7.13. The molecular weight excluding hydrogens is 256 g/mol. The van der Waals surface area contributed by atoms with Crippen LogP contribution in [0.4, 0.5) is 5.13 Å². The third kappa shape index (κ3) is 2.78. The van der Waals surface area contributed by atoms with E-state index in [0.29, 0.717) is 6.04 Å².